The lowest BCUT2D eigenvalue weighted by atomic mass is 9.91. The van der Waals surface area contributed by atoms with E-state index in [1.807, 2.05) is 60.7 Å². The van der Waals surface area contributed by atoms with Crippen LogP contribution in [0.3, 0.4) is 0 Å². The zero-order valence-corrected chi connectivity index (χ0v) is 21.0. The van der Waals surface area contributed by atoms with Gasteiger partial charge in [0, 0.05) is 38.0 Å². The quantitative estimate of drug-likeness (QED) is 0.242. The number of fused-ring (bicyclic) bond motifs is 1. The standard InChI is InChI=1S/C27H35N7O3/c1-27(17-19-7-3-2-4-8-19,26(37)32-21-15-20-9-5-6-10-23(20)31-18-21)33-25(36)22(30)16-24(35)34(13-11-28)14-12-29/h2-10,15,18,22H,11-14,16-17,28-30H2,1H3,(H,32,37)(H,33,36). The number of para-hydroxylation sites is 1. The summed E-state index contributed by atoms with van der Waals surface area (Å²) in [6, 6.07) is 17.5. The first-order chi connectivity index (χ1) is 17.8. The first kappa shape index (κ1) is 27.7. The zero-order chi connectivity index (χ0) is 26.8. The largest absolute Gasteiger partial charge is 0.340 e. The molecule has 2 atom stereocenters. The zero-order valence-electron chi connectivity index (χ0n) is 21.0. The van der Waals surface area contributed by atoms with E-state index in [1.54, 1.807) is 13.1 Å². The smallest absolute Gasteiger partial charge is 0.250 e. The molecule has 10 heteroatoms. The molecule has 0 aliphatic rings. The highest BCUT2D eigenvalue weighted by Crippen LogP contribution is 2.20. The van der Waals surface area contributed by atoms with Crippen molar-refractivity contribution in [1.82, 2.24) is 15.2 Å². The summed E-state index contributed by atoms with van der Waals surface area (Å²) in [6.07, 6.45) is 1.54. The van der Waals surface area contributed by atoms with Gasteiger partial charge in [0.15, 0.2) is 0 Å². The monoisotopic (exact) mass is 505 g/mol. The summed E-state index contributed by atoms with van der Waals surface area (Å²) in [4.78, 5) is 45.2. The number of rotatable bonds is 12. The van der Waals surface area contributed by atoms with Crippen LogP contribution in [0, 0.1) is 0 Å². The van der Waals surface area contributed by atoms with E-state index >= 15 is 0 Å². The number of anilines is 1. The fraction of sp³-hybridized carbons (Fsp3) is 0.333. The Morgan fingerprint density at radius 1 is 1.00 bits per heavy atom. The Morgan fingerprint density at radius 2 is 1.65 bits per heavy atom. The minimum absolute atomic E-state index is 0.208. The number of nitrogens with two attached hydrogens (primary N) is 3. The van der Waals surface area contributed by atoms with Gasteiger partial charge in [-0.05, 0) is 24.6 Å². The molecule has 1 heterocycles. The third-order valence-electron chi connectivity index (χ3n) is 6.03. The van der Waals surface area contributed by atoms with Crippen LogP contribution in [0.5, 0.6) is 0 Å². The summed E-state index contributed by atoms with van der Waals surface area (Å²) in [5.41, 5.74) is 18.0. The number of carbonyl (C=O) groups is 3. The summed E-state index contributed by atoms with van der Waals surface area (Å²) in [5.74, 6) is -1.37. The topological polar surface area (TPSA) is 169 Å². The molecule has 1 aromatic heterocycles. The lowest BCUT2D eigenvalue weighted by Crippen LogP contribution is -2.60. The van der Waals surface area contributed by atoms with Crippen LogP contribution < -0.4 is 27.8 Å². The van der Waals surface area contributed by atoms with Gasteiger partial charge in [0.25, 0.3) is 0 Å². The van der Waals surface area contributed by atoms with E-state index in [9.17, 15) is 14.4 Å². The van der Waals surface area contributed by atoms with Crippen molar-refractivity contribution in [3.05, 3.63) is 72.4 Å². The number of nitrogens with one attached hydrogen (secondary N) is 2. The fourth-order valence-electron chi connectivity index (χ4n) is 4.04. The molecule has 10 nitrogen and oxygen atoms in total. The second-order valence-corrected chi connectivity index (χ2v) is 9.12. The predicted molar refractivity (Wildman–Crippen MR) is 144 cm³/mol. The number of benzene rings is 2. The molecule has 3 rings (SSSR count). The van der Waals surface area contributed by atoms with Gasteiger partial charge >= 0.3 is 0 Å². The Hall–Kier alpha value is -3.86. The van der Waals surface area contributed by atoms with Crippen LogP contribution in [-0.4, -0.2) is 65.4 Å². The average molecular weight is 506 g/mol. The molecule has 37 heavy (non-hydrogen) atoms. The highest BCUT2D eigenvalue weighted by atomic mass is 16.2. The lowest BCUT2D eigenvalue weighted by Gasteiger charge is -2.31. The Kier molecular flexibility index (Phi) is 9.67. The molecular weight excluding hydrogens is 470 g/mol. The number of carbonyl (C=O) groups excluding carboxylic acids is 3. The van der Waals surface area contributed by atoms with Gasteiger partial charge in [-0.2, -0.15) is 0 Å². The Balaban J connectivity index is 1.78. The maximum atomic E-state index is 13.5. The lowest BCUT2D eigenvalue weighted by molar-refractivity contribution is -0.135. The molecule has 0 aliphatic carbocycles. The maximum absolute atomic E-state index is 13.5. The molecule has 2 unspecified atom stereocenters. The molecule has 0 saturated carbocycles. The third kappa shape index (κ3) is 7.56. The van der Waals surface area contributed by atoms with Gasteiger partial charge < -0.3 is 32.7 Å². The number of hydrogen-bond donors (Lipinski definition) is 5. The van der Waals surface area contributed by atoms with Crippen molar-refractivity contribution in [2.24, 2.45) is 17.2 Å². The fourth-order valence-corrected chi connectivity index (χ4v) is 4.04. The van der Waals surface area contributed by atoms with E-state index in [0.717, 1.165) is 16.5 Å². The highest BCUT2D eigenvalue weighted by Gasteiger charge is 2.37. The van der Waals surface area contributed by atoms with Crippen molar-refractivity contribution in [1.29, 1.82) is 0 Å². The minimum atomic E-state index is -1.36. The van der Waals surface area contributed by atoms with Crippen LogP contribution in [0.1, 0.15) is 18.9 Å². The molecule has 0 spiro atoms. The van der Waals surface area contributed by atoms with E-state index in [0.29, 0.717) is 18.8 Å². The summed E-state index contributed by atoms with van der Waals surface area (Å²) < 4.78 is 0. The van der Waals surface area contributed by atoms with Crippen LogP contribution in [-0.2, 0) is 20.8 Å². The van der Waals surface area contributed by atoms with Crippen LogP contribution >= 0.6 is 0 Å². The molecule has 8 N–H and O–H groups in total. The van der Waals surface area contributed by atoms with E-state index < -0.39 is 23.4 Å². The number of aromatic nitrogens is 1. The first-order valence-electron chi connectivity index (χ1n) is 12.2. The molecule has 0 bridgehead atoms. The van der Waals surface area contributed by atoms with E-state index in [1.165, 1.54) is 4.90 Å². The van der Waals surface area contributed by atoms with Crippen LogP contribution in [0.2, 0.25) is 0 Å². The van der Waals surface area contributed by atoms with Crippen molar-refractivity contribution in [2.45, 2.75) is 31.3 Å². The van der Waals surface area contributed by atoms with Crippen molar-refractivity contribution in [2.75, 3.05) is 31.5 Å². The van der Waals surface area contributed by atoms with Gasteiger partial charge in [0.1, 0.15) is 5.54 Å². The Morgan fingerprint density at radius 3 is 2.32 bits per heavy atom. The normalized spacial score (nSPS) is 13.4. The Labute approximate surface area is 216 Å². The summed E-state index contributed by atoms with van der Waals surface area (Å²) in [6.45, 7) is 2.81. The van der Waals surface area contributed by atoms with Crippen molar-refractivity contribution in [3.8, 4) is 0 Å². The Bertz CT molecular complexity index is 1210. The van der Waals surface area contributed by atoms with Crippen molar-refractivity contribution < 1.29 is 14.4 Å². The second-order valence-electron chi connectivity index (χ2n) is 9.12. The van der Waals surface area contributed by atoms with Gasteiger partial charge in [-0.15, -0.1) is 0 Å². The average Bonchev–Trinajstić information content (AvgIpc) is 2.88. The summed E-state index contributed by atoms with van der Waals surface area (Å²) in [7, 11) is 0. The van der Waals surface area contributed by atoms with Gasteiger partial charge in [-0.25, -0.2) is 0 Å². The molecule has 0 aliphatic heterocycles. The molecule has 3 aromatic rings. The first-order valence-corrected chi connectivity index (χ1v) is 12.2. The third-order valence-corrected chi connectivity index (χ3v) is 6.03. The van der Waals surface area contributed by atoms with E-state index in [-0.39, 0.29) is 31.8 Å². The molecule has 0 saturated heterocycles. The SMILES string of the molecule is CC(Cc1ccccc1)(NC(=O)C(N)CC(=O)N(CCN)CCN)C(=O)Nc1cnc2ccccc2c1. The second kappa shape index (κ2) is 12.9. The number of amides is 3. The predicted octanol–water partition coefficient (Wildman–Crippen LogP) is 0.754. The van der Waals surface area contributed by atoms with Gasteiger partial charge in [0.2, 0.25) is 17.7 Å². The van der Waals surface area contributed by atoms with Crippen molar-refractivity contribution >= 4 is 34.3 Å². The van der Waals surface area contributed by atoms with Gasteiger partial charge in [0.05, 0.1) is 29.9 Å². The van der Waals surface area contributed by atoms with Crippen molar-refractivity contribution in [3.63, 3.8) is 0 Å². The van der Waals surface area contributed by atoms with Crippen LogP contribution in [0.25, 0.3) is 10.9 Å². The molecule has 2 aromatic carbocycles. The number of nitrogens with zero attached hydrogens (tertiary/aromatic N) is 2. The molecular formula is C27H35N7O3. The maximum Gasteiger partial charge on any atom is 0.250 e. The number of hydrogen-bond acceptors (Lipinski definition) is 7. The molecule has 0 radical (unpaired) electrons. The number of pyridine rings is 1. The van der Waals surface area contributed by atoms with Gasteiger partial charge in [-0.1, -0.05) is 48.5 Å². The van der Waals surface area contributed by atoms with Crippen LogP contribution in [0.15, 0.2) is 66.9 Å². The highest BCUT2D eigenvalue weighted by molar-refractivity contribution is 6.02. The molecule has 196 valence electrons. The van der Waals surface area contributed by atoms with Crippen LogP contribution in [0.4, 0.5) is 5.69 Å². The molecule has 3 amide bonds. The minimum Gasteiger partial charge on any atom is -0.340 e. The summed E-state index contributed by atoms with van der Waals surface area (Å²) >= 11 is 0. The van der Waals surface area contributed by atoms with E-state index in [4.69, 9.17) is 17.2 Å². The summed E-state index contributed by atoms with van der Waals surface area (Å²) in [5, 5.41) is 6.53. The van der Waals surface area contributed by atoms with E-state index in [2.05, 4.69) is 15.6 Å². The molecule has 0 fully saturated rings. The van der Waals surface area contributed by atoms with Gasteiger partial charge in [-0.3, -0.25) is 19.4 Å².